The van der Waals surface area contributed by atoms with Crippen molar-refractivity contribution in [3.8, 4) is 5.75 Å². The van der Waals surface area contributed by atoms with E-state index in [2.05, 4.69) is 31.0 Å². The normalized spacial score (nSPS) is 22.2. The van der Waals surface area contributed by atoms with E-state index in [0.29, 0.717) is 24.4 Å². The molecule has 0 saturated carbocycles. The van der Waals surface area contributed by atoms with E-state index in [4.69, 9.17) is 14.6 Å². The molecule has 192 valence electrons. The Morgan fingerprint density at radius 2 is 1.89 bits per heavy atom. The highest BCUT2D eigenvalue weighted by Crippen LogP contribution is 2.30. The van der Waals surface area contributed by atoms with E-state index in [-0.39, 0.29) is 18.0 Å². The van der Waals surface area contributed by atoms with Crippen LogP contribution in [0.15, 0.2) is 48.5 Å². The minimum absolute atomic E-state index is 0.106. The third-order valence-corrected chi connectivity index (χ3v) is 7.41. The van der Waals surface area contributed by atoms with Crippen LogP contribution in [0.2, 0.25) is 0 Å². The molecule has 2 aliphatic rings. The van der Waals surface area contributed by atoms with Crippen molar-refractivity contribution in [2.45, 2.75) is 77.2 Å². The van der Waals surface area contributed by atoms with E-state index < -0.39 is 0 Å². The van der Waals surface area contributed by atoms with Gasteiger partial charge >= 0.3 is 0 Å². The van der Waals surface area contributed by atoms with Crippen LogP contribution in [0.25, 0.3) is 10.9 Å². The number of hydrogen-bond donors (Lipinski definition) is 1. The van der Waals surface area contributed by atoms with Crippen LogP contribution in [0.3, 0.4) is 0 Å². The summed E-state index contributed by atoms with van der Waals surface area (Å²) < 4.78 is 13.8. The van der Waals surface area contributed by atoms with Crippen LogP contribution in [-0.4, -0.2) is 58.5 Å². The second-order valence-electron chi connectivity index (χ2n) is 10.4. The number of morpholine rings is 1. The van der Waals surface area contributed by atoms with Crippen molar-refractivity contribution < 1.29 is 14.3 Å². The van der Waals surface area contributed by atoms with E-state index in [1.807, 2.05) is 53.2 Å². The topological polar surface area (TPSA) is 68.6 Å². The quantitative estimate of drug-likeness (QED) is 0.459. The van der Waals surface area contributed by atoms with Gasteiger partial charge in [0, 0.05) is 29.6 Å². The monoisotopic (exact) mass is 490 g/mol. The van der Waals surface area contributed by atoms with Crippen LogP contribution in [0.5, 0.6) is 5.75 Å². The fourth-order valence-corrected chi connectivity index (χ4v) is 5.58. The molecule has 3 aromatic rings. The molecule has 0 radical (unpaired) electrons. The van der Waals surface area contributed by atoms with Gasteiger partial charge in [-0.15, -0.1) is 0 Å². The first-order valence-electron chi connectivity index (χ1n) is 13.4. The summed E-state index contributed by atoms with van der Waals surface area (Å²) in [6.45, 7) is 9.50. The lowest BCUT2D eigenvalue weighted by molar-refractivity contribution is -0.0802. The number of piperidine rings is 1. The second-order valence-corrected chi connectivity index (χ2v) is 10.4. The molecule has 2 fully saturated rings. The molecule has 36 heavy (non-hydrogen) atoms. The molecule has 7 heteroatoms. The first kappa shape index (κ1) is 24.8. The molecule has 2 aliphatic heterocycles. The highest BCUT2D eigenvalue weighted by Gasteiger charge is 2.39. The fraction of sp³-hybridized carbons (Fsp3) is 0.517. The van der Waals surface area contributed by atoms with E-state index in [1.54, 1.807) is 0 Å². The number of nitrogens with zero attached hydrogens (tertiary/aromatic N) is 3. The minimum atomic E-state index is -0.106. The largest absolute Gasteiger partial charge is 0.489 e. The first-order valence-corrected chi connectivity index (χ1v) is 13.4. The third-order valence-electron chi connectivity index (χ3n) is 7.41. The number of fused-ring (bicyclic) bond motifs is 3. The molecular weight excluding hydrogens is 452 g/mol. The molecule has 1 aromatic heterocycles. The molecule has 0 aliphatic carbocycles. The van der Waals surface area contributed by atoms with Crippen LogP contribution >= 0.6 is 0 Å². The number of amides is 1. The number of rotatable bonds is 9. The highest BCUT2D eigenvalue weighted by atomic mass is 16.5. The predicted octanol–water partition coefficient (Wildman–Crippen LogP) is 4.96. The molecular formula is C29H38N4O3. The van der Waals surface area contributed by atoms with Gasteiger partial charge in [0.15, 0.2) is 5.69 Å². The smallest absolute Gasteiger partial charge is 0.272 e. The van der Waals surface area contributed by atoms with E-state index in [1.165, 1.54) is 12.8 Å². The number of aromatic nitrogens is 2. The standard InChI is InChI=1S/C29H38N4O3/c1-4-5-13-32-23-14-22(15-24(32)19-35-18-23)30-29(34)28-26-16-25(36-17-21-9-7-6-8-10-21)11-12-27(26)33(31-28)20(2)3/h6-12,16,20,22-24H,4-5,13-15,17-19H2,1-3H3,(H,30,34). The summed E-state index contributed by atoms with van der Waals surface area (Å²) in [5, 5.41) is 8.91. The predicted molar refractivity (Wildman–Crippen MR) is 141 cm³/mol. The lowest BCUT2D eigenvalue weighted by Crippen LogP contribution is -2.60. The van der Waals surface area contributed by atoms with Gasteiger partial charge in [-0.3, -0.25) is 14.4 Å². The summed E-state index contributed by atoms with van der Waals surface area (Å²) in [7, 11) is 0. The highest BCUT2D eigenvalue weighted by molar-refractivity contribution is 6.05. The number of unbranched alkanes of at least 4 members (excludes halogenated alkanes) is 1. The summed E-state index contributed by atoms with van der Waals surface area (Å²) in [6.07, 6.45) is 4.23. The van der Waals surface area contributed by atoms with Crippen molar-refractivity contribution in [1.29, 1.82) is 0 Å². The van der Waals surface area contributed by atoms with Gasteiger partial charge in [-0.05, 0) is 63.4 Å². The Labute approximate surface area is 213 Å². The van der Waals surface area contributed by atoms with Crippen molar-refractivity contribution in [3.63, 3.8) is 0 Å². The fourth-order valence-electron chi connectivity index (χ4n) is 5.58. The molecule has 0 spiro atoms. The third kappa shape index (κ3) is 5.27. The minimum Gasteiger partial charge on any atom is -0.489 e. The van der Waals surface area contributed by atoms with Crippen LogP contribution in [0.1, 0.15) is 68.5 Å². The molecule has 1 amide bonds. The average molecular weight is 491 g/mol. The molecule has 2 unspecified atom stereocenters. The Kier molecular flexibility index (Phi) is 7.58. The Bertz CT molecular complexity index is 1160. The lowest BCUT2D eigenvalue weighted by Gasteiger charge is -2.48. The van der Waals surface area contributed by atoms with Crippen molar-refractivity contribution in [3.05, 3.63) is 59.8 Å². The summed E-state index contributed by atoms with van der Waals surface area (Å²) >= 11 is 0. The van der Waals surface area contributed by atoms with Gasteiger partial charge in [0.1, 0.15) is 12.4 Å². The van der Waals surface area contributed by atoms with E-state index >= 15 is 0 Å². The van der Waals surface area contributed by atoms with Crippen molar-refractivity contribution >= 4 is 16.8 Å². The Balaban J connectivity index is 1.34. The van der Waals surface area contributed by atoms with Gasteiger partial charge in [0.25, 0.3) is 5.91 Å². The van der Waals surface area contributed by atoms with Crippen LogP contribution in [0, 0.1) is 0 Å². The molecule has 2 saturated heterocycles. The Hall–Kier alpha value is -2.90. The van der Waals surface area contributed by atoms with Gasteiger partial charge in [-0.25, -0.2) is 0 Å². The molecule has 2 atom stereocenters. The Morgan fingerprint density at radius 1 is 1.14 bits per heavy atom. The second kappa shape index (κ2) is 11.0. The van der Waals surface area contributed by atoms with Gasteiger partial charge in [0.05, 0.1) is 18.7 Å². The number of hydrogen-bond acceptors (Lipinski definition) is 5. The average Bonchev–Trinajstić information content (AvgIpc) is 3.26. The van der Waals surface area contributed by atoms with Crippen LogP contribution in [0.4, 0.5) is 0 Å². The van der Waals surface area contributed by atoms with Crippen LogP contribution in [-0.2, 0) is 11.3 Å². The summed E-state index contributed by atoms with van der Waals surface area (Å²) in [5.74, 6) is 0.630. The van der Waals surface area contributed by atoms with E-state index in [0.717, 1.165) is 54.8 Å². The number of carbonyl (C=O) groups is 1. The van der Waals surface area contributed by atoms with Crippen molar-refractivity contribution in [2.24, 2.45) is 0 Å². The maximum Gasteiger partial charge on any atom is 0.272 e. The number of ether oxygens (including phenoxy) is 2. The summed E-state index contributed by atoms with van der Waals surface area (Å²) in [5.41, 5.74) is 2.52. The van der Waals surface area contributed by atoms with Crippen LogP contribution < -0.4 is 10.1 Å². The maximum absolute atomic E-state index is 13.6. The maximum atomic E-state index is 13.6. The zero-order chi connectivity index (χ0) is 25.1. The van der Waals surface area contributed by atoms with Crippen molar-refractivity contribution in [2.75, 3.05) is 19.8 Å². The molecule has 2 bridgehead atoms. The molecule has 7 nitrogen and oxygen atoms in total. The first-order chi connectivity index (χ1) is 17.5. The number of benzene rings is 2. The zero-order valence-electron chi connectivity index (χ0n) is 21.7. The molecule has 5 rings (SSSR count). The lowest BCUT2D eigenvalue weighted by atomic mass is 9.89. The van der Waals surface area contributed by atoms with Crippen molar-refractivity contribution in [1.82, 2.24) is 20.0 Å². The number of carbonyl (C=O) groups excluding carboxylic acids is 1. The SMILES string of the molecule is CCCCN1C2COCC1CC(NC(=O)c1nn(C(C)C)c3ccc(OCc4ccccc4)cc13)C2. The molecule has 2 aromatic carbocycles. The number of nitrogens with one attached hydrogen (secondary N) is 1. The zero-order valence-corrected chi connectivity index (χ0v) is 21.7. The van der Waals surface area contributed by atoms with Gasteiger partial charge < -0.3 is 14.8 Å². The van der Waals surface area contributed by atoms with Gasteiger partial charge in [0.2, 0.25) is 0 Å². The van der Waals surface area contributed by atoms with Gasteiger partial charge in [-0.1, -0.05) is 43.7 Å². The molecule has 1 N–H and O–H groups in total. The Morgan fingerprint density at radius 3 is 2.58 bits per heavy atom. The molecule has 3 heterocycles. The summed E-state index contributed by atoms with van der Waals surface area (Å²) in [6, 6.07) is 17.0. The summed E-state index contributed by atoms with van der Waals surface area (Å²) in [4.78, 5) is 16.2. The van der Waals surface area contributed by atoms with E-state index in [9.17, 15) is 4.79 Å². The van der Waals surface area contributed by atoms with Gasteiger partial charge in [-0.2, -0.15) is 5.10 Å².